The van der Waals surface area contributed by atoms with E-state index in [9.17, 15) is 4.79 Å². The van der Waals surface area contributed by atoms with Gasteiger partial charge in [0.05, 0.1) is 0 Å². The molecule has 5 heteroatoms. The van der Waals surface area contributed by atoms with Crippen molar-refractivity contribution in [2.75, 3.05) is 25.5 Å². The van der Waals surface area contributed by atoms with E-state index >= 15 is 0 Å². The van der Waals surface area contributed by atoms with Gasteiger partial charge in [0.15, 0.2) is 5.69 Å². The van der Waals surface area contributed by atoms with E-state index in [1.165, 1.54) is 0 Å². The number of nitrogens with one attached hydrogen (secondary N) is 1. The summed E-state index contributed by atoms with van der Waals surface area (Å²) in [5.74, 6) is 0.641. The van der Waals surface area contributed by atoms with Crippen molar-refractivity contribution >= 4 is 11.7 Å². The molecule has 0 aliphatic heterocycles. The van der Waals surface area contributed by atoms with Crippen molar-refractivity contribution in [1.29, 1.82) is 0 Å². The minimum absolute atomic E-state index is 0.0713. The first-order valence-electron chi connectivity index (χ1n) is 6.52. The van der Waals surface area contributed by atoms with Crippen molar-refractivity contribution < 1.29 is 4.79 Å². The maximum Gasteiger partial charge on any atom is 0.274 e. The Balaban J connectivity index is 2.58. The Morgan fingerprint density at radius 3 is 2.61 bits per heavy atom. The molecule has 1 N–H and O–H groups in total. The van der Waals surface area contributed by atoms with Gasteiger partial charge in [-0.3, -0.25) is 4.79 Å². The van der Waals surface area contributed by atoms with Crippen LogP contribution in [0.4, 0.5) is 5.82 Å². The summed E-state index contributed by atoms with van der Waals surface area (Å²) in [4.78, 5) is 13.7. The van der Waals surface area contributed by atoms with Crippen LogP contribution in [-0.2, 0) is 0 Å². The van der Waals surface area contributed by atoms with E-state index in [4.69, 9.17) is 0 Å². The van der Waals surface area contributed by atoms with Crippen molar-refractivity contribution in [3.05, 3.63) is 17.8 Å². The molecule has 0 bridgehead atoms. The lowest BCUT2D eigenvalue weighted by Crippen LogP contribution is -2.28. The van der Waals surface area contributed by atoms with E-state index < -0.39 is 0 Å². The normalized spacial score (nSPS) is 10.2. The van der Waals surface area contributed by atoms with Gasteiger partial charge in [0, 0.05) is 20.1 Å². The summed E-state index contributed by atoms with van der Waals surface area (Å²) in [6.07, 6.45) is 3.11. The minimum Gasteiger partial charge on any atom is -0.369 e. The van der Waals surface area contributed by atoms with Crippen molar-refractivity contribution in [1.82, 2.24) is 15.1 Å². The van der Waals surface area contributed by atoms with Crippen LogP contribution in [0, 0.1) is 0 Å². The smallest absolute Gasteiger partial charge is 0.274 e. The van der Waals surface area contributed by atoms with Crippen molar-refractivity contribution in [2.24, 2.45) is 0 Å². The molecule has 1 amide bonds. The van der Waals surface area contributed by atoms with Gasteiger partial charge in [-0.1, -0.05) is 20.3 Å². The van der Waals surface area contributed by atoms with Gasteiger partial charge in [-0.15, -0.1) is 10.2 Å². The number of hydrogen-bond donors (Lipinski definition) is 1. The minimum atomic E-state index is -0.0713. The number of amides is 1. The molecule has 5 nitrogen and oxygen atoms in total. The number of aromatic nitrogens is 2. The molecule has 0 aliphatic rings. The van der Waals surface area contributed by atoms with Crippen LogP contribution in [0.3, 0.4) is 0 Å². The summed E-state index contributed by atoms with van der Waals surface area (Å²) in [5.41, 5.74) is 0.399. The predicted molar refractivity (Wildman–Crippen MR) is 72.7 cm³/mol. The number of rotatable bonds is 7. The molecule has 0 fully saturated rings. The first-order valence-corrected chi connectivity index (χ1v) is 6.52. The Kier molecular flexibility index (Phi) is 6.11. The van der Waals surface area contributed by atoms with E-state index in [0.717, 1.165) is 32.4 Å². The maximum absolute atomic E-state index is 12.0. The molecule has 0 aromatic carbocycles. The predicted octanol–water partition coefficient (Wildman–Crippen LogP) is 2.17. The summed E-state index contributed by atoms with van der Waals surface area (Å²) in [6, 6.07) is 3.51. The molecule has 18 heavy (non-hydrogen) atoms. The monoisotopic (exact) mass is 250 g/mol. The highest BCUT2D eigenvalue weighted by molar-refractivity contribution is 5.92. The Labute approximate surface area is 109 Å². The van der Waals surface area contributed by atoms with Gasteiger partial charge in [0.1, 0.15) is 5.82 Å². The molecule has 1 rings (SSSR count). The fraction of sp³-hybridized carbons (Fsp3) is 0.615. The molecule has 0 saturated carbocycles. The second-order valence-corrected chi connectivity index (χ2v) is 4.31. The van der Waals surface area contributed by atoms with Crippen LogP contribution in [0.1, 0.15) is 43.6 Å². The van der Waals surface area contributed by atoms with Crippen LogP contribution >= 0.6 is 0 Å². The summed E-state index contributed by atoms with van der Waals surface area (Å²) < 4.78 is 0. The van der Waals surface area contributed by atoms with Gasteiger partial charge >= 0.3 is 0 Å². The van der Waals surface area contributed by atoms with Crippen molar-refractivity contribution in [3.63, 3.8) is 0 Å². The van der Waals surface area contributed by atoms with Gasteiger partial charge < -0.3 is 10.2 Å². The molecule has 1 aromatic heterocycles. The van der Waals surface area contributed by atoms with Gasteiger partial charge in [-0.25, -0.2) is 0 Å². The van der Waals surface area contributed by atoms with Crippen molar-refractivity contribution in [2.45, 2.75) is 33.1 Å². The lowest BCUT2D eigenvalue weighted by Gasteiger charge is -2.15. The topological polar surface area (TPSA) is 58.1 Å². The van der Waals surface area contributed by atoms with E-state index in [1.54, 1.807) is 24.1 Å². The highest BCUT2D eigenvalue weighted by Gasteiger charge is 2.12. The quantitative estimate of drug-likeness (QED) is 0.805. The third-order valence-corrected chi connectivity index (χ3v) is 2.63. The van der Waals surface area contributed by atoms with Crippen LogP contribution < -0.4 is 5.32 Å². The molecule has 0 radical (unpaired) electrons. The van der Waals surface area contributed by atoms with Gasteiger partial charge in [0.25, 0.3) is 5.91 Å². The first kappa shape index (κ1) is 14.4. The molecule has 1 heterocycles. The molecule has 1 aromatic rings. The first-order chi connectivity index (χ1) is 8.69. The third-order valence-electron chi connectivity index (χ3n) is 2.63. The molecule has 0 saturated heterocycles. The number of carbonyl (C=O) groups is 1. The Morgan fingerprint density at radius 1 is 1.28 bits per heavy atom. The zero-order valence-corrected chi connectivity index (χ0v) is 11.4. The SMILES string of the molecule is CCCCN(C)C(=O)c1ccc(NCCC)nn1. The molecule has 0 atom stereocenters. The van der Waals surface area contributed by atoms with Crippen LogP contribution in [0.15, 0.2) is 12.1 Å². The zero-order valence-electron chi connectivity index (χ0n) is 11.4. The lowest BCUT2D eigenvalue weighted by molar-refractivity contribution is 0.0786. The van der Waals surface area contributed by atoms with E-state index in [2.05, 4.69) is 29.4 Å². The summed E-state index contributed by atoms with van der Waals surface area (Å²) in [7, 11) is 1.79. The third kappa shape index (κ3) is 4.31. The highest BCUT2D eigenvalue weighted by Crippen LogP contribution is 2.05. The lowest BCUT2D eigenvalue weighted by atomic mass is 10.3. The molecule has 100 valence electrons. The summed E-state index contributed by atoms with van der Waals surface area (Å²) >= 11 is 0. The number of carbonyl (C=O) groups excluding carboxylic acids is 1. The van der Waals surface area contributed by atoms with E-state index in [0.29, 0.717) is 11.5 Å². The fourth-order valence-electron chi connectivity index (χ4n) is 1.49. The summed E-state index contributed by atoms with van der Waals surface area (Å²) in [6.45, 7) is 5.80. The second kappa shape index (κ2) is 7.63. The Bertz CT molecular complexity index is 364. The average molecular weight is 250 g/mol. The zero-order chi connectivity index (χ0) is 13.4. The van der Waals surface area contributed by atoms with Crippen LogP contribution in [0.2, 0.25) is 0 Å². The number of unbranched alkanes of at least 4 members (excludes halogenated alkanes) is 1. The second-order valence-electron chi connectivity index (χ2n) is 4.31. The highest BCUT2D eigenvalue weighted by atomic mass is 16.2. The average Bonchev–Trinajstić information content (AvgIpc) is 2.42. The maximum atomic E-state index is 12.0. The number of hydrogen-bond acceptors (Lipinski definition) is 4. The van der Waals surface area contributed by atoms with Crippen LogP contribution in [0.5, 0.6) is 0 Å². The van der Waals surface area contributed by atoms with E-state index in [-0.39, 0.29) is 5.91 Å². The Hall–Kier alpha value is -1.65. The molecule has 0 aliphatic carbocycles. The van der Waals surface area contributed by atoms with Crippen LogP contribution in [-0.4, -0.2) is 41.1 Å². The van der Waals surface area contributed by atoms with E-state index in [1.807, 2.05) is 0 Å². The molecule has 0 spiro atoms. The molecular weight excluding hydrogens is 228 g/mol. The largest absolute Gasteiger partial charge is 0.369 e. The number of anilines is 1. The fourth-order valence-corrected chi connectivity index (χ4v) is 1.49. The number of nitrogens with zero attached hydrogens (tertiary/aromatic N) is 3. The van der Waals surface area contributed by atoms with Crippen molar-refractivity contribution in [3.8, 4) is 0 Å². The Morgan fingerprint density at radius 2 is 2.06 bits per heavy atom. The summed E-state index contributed by atoms with van der Waals surface area (Å²) in [5, 5.41) is 11.1. The molecular formula is C13H22N4O. The standard InChI is InChI=1S/C13H22N4O/c1-4-6-10-17(3)13(18)11-7-8-12(16-15-11)14-9-5-2/h7-8H,4-6,9-10H2,1-3H3,(H,14,16). The van der Waals surface area contributed by atoms with Gasteiger partial charge in [-0.05, 0) is 25.0 Å². The van der Waals surface area contributed by atoms with Gasteiger partial charge in [0.2, 0.25) is 0 Å². The van der Waals surface area contributed by atoms with Gasteiger partial charge in [-0.2, -0.15) is 0 Å². The molecule has 0 unspecified atom stereocenters. The van der Waals surface area contributed by atoms with Crippen LogP contribution in [0.25, 0.3) is 0 Å².